The number of rotatable bonds is 5. The first-order chi connectivity index (χ1) is 8.28. The number of nitrogens with two attached hydrogens (primary N) is 1. The summed E-state index contributed by atoms with van der Waals surface area (Å²) in [6.07, 6.45) is 0. The SMILES string of the molecule is C=C(C)CN(CC)S(=O)(=O)c1ccc(Cl)cc1N. The second-order valence-electron chi connectivity index (χ2n) is 4.07. The largest absolute Gasteiger partial charge is 0.398 e. The Balaban J connectivity index is 3.23. The Morgan fingerprint density at radius 3 is 2.56 bits per heavy atom. The monoisotopic (exact) mass is 288 g/mol. The van der Waals surface area contributed by atoms with Crippen LogP contribution in [-0.2, 0) is 10.0 Å². The van der Waals surface area contributed by atoms with Crippen molar-refractivity contribution in [1.82, 2.24) is 4.31 Å². The highest BCUT2D eigenvalue weighted by atomic mass is 35.5. The third kappa shape index (κ3) is 3.25. The average molecular weight is 289 g/mol. The zero-order valence-electron chi connectivity index (χ0n) is 10.5. The zero-order valence-corrected chi connectivity index (χ0v) is 12.1. The Morgan fingerprint density at radius 1 is 1.50 bits per heavy atom. The van der Waals surface area contributed by atoms with Gasteiger partial charge in [-0.2, -0.15) is 4.31 Å². The maximum absolute atomic E-state index is 12.4. The van der Waals surface area contributed by atoms with Crippen molar-refractivity contribution < 1.29 is 8.42 Å². The Morgan fingerprint density at radius 2 is 2.11 bits per heavy atom. The van der Waals surface area contributed by atoms with E-state index in [1.165, 1.54) is 22.5 Å². The first-order valence-electron chi connectivity index (χ1n) is 5.48. The minimum Gasteiger partial charge on any atom is -0.398 e. The van der Waals surface area contributed by atoms with Crippen molar-refractivity contribution in [3.8, 4) is 0 Å². The van der Waals surface area contributed by atoms with Gasteiger partial charge >= 0.3 is 0 Å². The van der Waals surface area contributed by atoms with Crippen LogP contribution in [-0.4, -0.2) is 25.8 Å². The molecule has 1 rings (SSSR count). The van der Waals surface area contributed by atoms with Crippen LogP contribution >= 0.6 is 11.6 Å². The van der Waals surface area contributed by atoms with Crippen molar-refractivity contribution in [3.63, 3.8) is 0 Å². The van der Waals surface area contributed by atoms with Crippen molar-refractivity contribution in [2.45, 2.75) is 18.7 Å². The first kappa shape index (κ1) is 15.0. The van der Waals surface area contributed by atoms with Crippen LogP contribution in [0.25, 0.3) is 0 Å². The van der Waals surface area contributed by atoms with Crippen LogP contribution in [0.4, 0.5) is 5.69 Å². The number of nitrogen functional groups attached to an aromatic ring is 1. The van der Waals surface area contributed by atoms with Crippen molar-refractivity contribution >= 4 is 27.3 Å². The molecule has 0 bridgehead atoms. The highest BCUT2D eigenvalue weighted by molar-refractivity contribution is 7.89. The molecule has 0 radical (unpaired) electrons. The maximum Gasteiger partial charge on any atom is 0.245 e. The molecule has 2 N–H and O–H groups in total. The van der Waals surface area contributed by atoms with Gasteiger partial charge < -0.3 is 5.73 Å². The third-order valence-electron chi connectivity index (χ3n) is 2.39. The van der Waals surface area contributed by atoms with Crippen LogP contribution in [0.15, 0.2) is 35.2 Å². The summed E-state index contributed by atoms with van der Waals surface area (Å²) >= 11 is 5.76. The standard InChI is InChI=1S/C12H17ClN2O2S/c1-4-15(8-9(2)3)18(16,17)12-6-5-10(13)7-11(12)14/h5-7H,2,4,8,14H2,1,3H3. The van der Waals surface area contributed by atoms with Crippen molar-refractivity contribution in [2.75, 3.05) is 18.8 Å². The van der Waals surface area contributed by atoms with Crippen LogP contribution in [0.5, 0.6) is 0 Å². The lowest BCUT2D eigenvalue weighted by molar-refractivity contribution is 0.453. The minimum absolute atomic E-state index is 0.0787. The molecule has 0 aliphatic carbocycles. The summed E-state index contributed by atoms with van der Waals surface area (Å²) in [5, 5.41) is 0.411. The maximum atomic E-state index is 12.4. The lowest BCUT2D eigenvalue weighted by Gasteiger charge is -2.21. The van der Waals surface area contributed by atoms with E-state index in [1.807, 2.05) is 0 Å². The molecule has 0 spiro atoms. The first-order valence-corrected chi connectivity index (χ1v) is 7.30. The van der Waals surface area contributed by atoms with E-state index in [4.69, 9.17) is 17.3 Å². The molecule has 100 valence electrons. The number of nitrogens with zero attached hydrogens (tertiary/aromatic N) is 1. The fraction of sp³-hybridized carbons (Fsp3) is 0.333. The molecule has 0 aliphatic rings. The van der Waals surface area contributed by atoms with E-state index in [0.29, 0.717) is 11.6 Å². The van der Waals surface area contributed by atoms with Crippen LogP contribution in [0, 0.1) is 0 Å². The fourth-order valence-electron chi connectivity index (χ4n) is 1.56. The van der Waals surface area contributed by atoms with Gasteiger partial charge in [0.05, 0.1) is 5.69 Å². The van der Waals surface area contributed by atoms with Gasteiger partial charge in [0, 0.05) is 18.1 Å². The summed E-state index contributed by atoms with van der Waals surface area (Å²) in [4.78, 5) is 0.0787. The van der Waals surface area contributed by atoms with Gasteiger partial charge in [-0.15, -0.1) is 0 Å². The number of anilines is 1. The Hall–Kier alpha value is -1.04. The number of halogens is 1. The molecule has 0 amide bonds. The average Bonchev–Trinajstić information content (AvgIpc) is 2.24. The van der Waals surface area contributed by atoms with Gasteiger partial charge in [0.15, 0.2) is 0 Å². The second kappa shape index (κ2) is 5.73. The topological polar surface area (TPSA) is 63.4 Å². The molecule has 0 aromatic heterocycles. The Kier molecular flexibility index (Phi) is 4.78. The molecule has 6 heteroatoms. The minimum atomic E-state index is -3.60. The summed E-state index contributed by atoms with van der Waals surface area (Å²) in [5.74, 6) is 0. The van der Waals surface area contributed by atoms with Gasteiger partial charge in [0.25, 0.3) is 0 Å². The van der Waals surface area contributed by atoms with Crippen molar-refractivity contribution in [3.05, 3.63) is 35.4 Å². The zero-order chi connectivity index (χ0) is 13.9. The van der Waals surface area contributed by atoms with E-state index >= 15 is 0 Å². The van der Waals surface area contributed by atoms with Gasteiger partial charge in [-0.25, -0.2) is 8.42 Å². The molecule has 0 heterocycles. The summed E-state index contributed by atoms with van der Waals surface area (Å²) in [7, 11) is -3.60. The van der Waals surface area contributed by atoms with E-state index in [2.05, 4.69) is 6.58 Å². The molecule has 4 nitrogen and oxygen atoms in total. The number of hydrogen-bond donors (Lipinski definition) is 1. The van der Waals surface area contributed by atoms with Crippen LogP contribution in [0.2, 0.25) is 5.02 Å². The van der Waals surface area contributed by atoms with Gasteiger partial charge in [-0.1, -0.05) is 30.7 Å². The van der Waals surface area contributed by atoms with E-state index < -0.39 is 10.0 Å². The van der Waals surface area contributed by atoms with Crippen LogP contribution < -0.4 is 5.73 Å². The number of sulfonamides is 1. The lowest BCUT2D eigenvalue weighted by Crippen LogP contribution is -2.32. The number of benzene rings is 1. The normalized spacial score (nSPS) is 11.8. The molecule has 0 saturated heterocycles. The highest BCUT2D eigenvalue weighted by Crippen LogP contribution is 2.25. The smallest absolute Gasteiger partial charge is 0.245 e. The summed E-state index contributed by atoms with van der Waals surface area (Å²) in [6, 6.07) is 4.37. The molecule has 18 heavy (non-hydrogen) atoms. The molecule has 0 unspecified atom stereocenters. The van der Waals surface area contributed by atoms with Crippen molar-refractivity contribution in [2.24, 2.45) is 0 Å². The predicted molar refractivity (Wildman–Crippen MR) is 75.1 cm³/mol. The van der Waals surface area contributed by atoms with E-state index in [9.17, 15) is 8.42 Å². The van der Waals surface area contributed by atoms with Crippen LogP contribution in [0.3, 0.4) is 0 Å². The third-order valence-corrected chi connectivity index (χ3v) is 4.62. The molecule has 1 aromatic carbocycles. The van der Waals surface area contributed by atoms with Gasteiger partial charge in [0.1, 0.15) is 4.90 Å². The summed E-state index contributed by atoms with van der Waals surface area (Å²) in [6.45, 7) is 7.92. The van der Waals surface area contributed by atoms with E-state index in [0.717, 1.165) is 5.57 Å². The number of hydrogen-bond acceptors (Lipinski definition) is 3. The summed E-state index contributed by atoms with van der Waals surface area (Å²) in [5.41, 5.74) is 6.64. The Bertz CT molecular complexity index is 555. The quantitative estimate of drug-likeness (QED) is 0.669. The molecule has 0 atom stereocenters. The molecular weight excluding hydrogens is 272 g/mol. The van der Waals surface area contributed by atoms with E-state index in [1.54, 1.807) is 13.8 Å². The molecule has 1 aromatic rings. The Labute approximate surface area is 113 Å². The second-order valence-corrected chi connectivity index (χ2v) is 6.41. The lowest BCUT2D eigenvalue weighted by atomic mass is 10.3. The molecular formula is C12H17ClN2O2S. The molecule has 0 saturated carbocycles. The summed E-state index contributed by atoms with van der Waals surface area (Å²) < 4.78 is 26.1. The fourth-order valence-corrected chi connectivity index (χ4v) is 3.35. The van der Waals surface area contributed by atoms with Crippen molar-refractivity contribution in [1.29, 1.82) is 0 Å². The van der Waals surface area contributed by atoms with E-state index in [-0.39, 0.29) is 17.1 Å². The van der Waals surface area contributed by atoms with Gasteiger partial charge in [-0.05, 0) is 25.1 Å². The van der Waals surface area contributed by atoms with Gasteiger partial charge in [-0.3, -0.25) is 0 Å². The molecule has 0 fully saturated rings. The van der Waals surface area contributed by atoms with Crippen LogP contribution in [0.1, 0.15) is 13.8 Å². The predicted octanol–water partition coefficient (Wildman–Crippen LogP) is 2.51. The molecule has 0 aliphatic heterocycles. The van der Waals surface area contributed by atoms with Gasteiger partial charge in [0.2, 0.25) is 10.0 Å². The number of likely N-dealkylation sites (N-methyl/N-ethyl adjacent to an activating group) is 1. The highest BCUT2D eigenvalue weighted by Gasteiger charge is 2.25.